The summed E-state index contributed by atoms with van der Waals surface area (Å²) in [5.74, 6) is -0.820. The highest BCUT2D eigenvalue weighted by Gasteiger charge is 2.26. The first-order valence-corrected chi connectivity index (χ1v) is 21.7. The van der Waals surface area contributed by atoms with E-state index in [0.29, 0.717) is 62.8 Å². The Morgan fingerprint density at radius 3 is 1.48 bits per heavy atom. The molecule has 52 heavy (non-hydrogen) atoms. The van der Waals surface area contributed by atoms with Crippen molar-refractivity contribution >= 4 is 31.5 Å². The summed E-state index contributed by atoms with van der Waals surface area (Å²) < 4.78 is 39.4. The van der Waals surface area contributed by atoms with E-state index < -0.39 is 19.9 Å². The van der Waals surface area contributed by atoms with Gasteiger partial charge in [-0.15, -0.1) is 0 Å². The minimum absolute atomic E-state index is 0.00456. The molecule has 0 bridgehead atoms. The van der Waals surface area contributed by atoms with E-state index in [1.165, 1.54) is 32.1 Å². The van der Waals surface area contributed by atoms with Crippen LogP contribution in [0.2, 0.25) is 0 Å². The quantitative estimate of drug-likeness (QED) is 0.0212. The number of unbranched alkanes of at least 4 members (excludes halogenated alkanes) is 14. The van der Waals surface area contributed by atoms with Crippen molar-refractivity contribution < 1.29 is 56.4 Å². The summed E-state index contributed by atoms with van der Waals surface area (Å²) in [6.45, 7) is 5.42. The number of nitrogens with zero attached hydrogens (tertiary/aromatic N) is 1. The van der Waals surface area contributed by atoms with Gasteiger partial charge in [0.25, 0.3) is 0 Å². The molecule has 0 saturated carbocycles. The molecule has 0 radical (unpaired) electrons. The highest BCUT2D eigenvalue weighted by Crippen LogP contribution is 2.43. The number of ether oxygens (including phenoxy) is 3. The molecule has 2 unspecified atom stereocenters. The van der Waals surface area contributed by atoms with Crippen LogP contribution in [0, 0.1) is 0 Å². The van der Waals surface area contributed by atoms with Gasteiger partial charge in [-0.25, -0.2) is 4.57 Å². The van der Waals surface area contributed by atoms with Gasteiger partial charge in [-0.3, -0.25) is 28.2 Å². The standard InChI is InChI=1S/C39H74NO11P/c1-6-8-10-16-22-31-47-37(42)25-19-13-12-18-24-35(41)28-29-36(34-50-52(45,46)49-33-30-40(3,4)5)51-39(44)27-21-15-14-20-26-38(43)48-32-23-17-11-9-7-2/h36H,6-34H2,1-5H3/p+1. The minimum Gasteiger partial charge on any atom is -0.466 e. The lowest BCUT2D eigenvalue weighted by Crippen LogP contribution is -2.37. The van der Waals surface area contributed by atoms with E-state index in [4.69, 9.17) is 23.3 Å². The smallest absolute Gasteiger partial charge is 0.466 e. The van der Waals surface area contributed by atoms with Crippen molar-refractivity contribution in [3.8, 4) is 0 Å². The SMILES string of the molecule is CCCCCCCOC(=O)CCCCCCC(=O)CCC(COP(=O)(O)OCC[N+](C)(C)C)OC(=O)CCCCCCC(=O)OCCCCCCC. The van der Waals surface area contributed by atoms with Gasteiger partial charge in [0, 0.05) is 32.1 Å². The van der Waals surface area contributed by atoms with Crippen molar-refractivity contribution in [2.45, 2.75) is 174 Å². The van der Waals surface area contributed by atoms with E-state index in [9.17, 15) is 28.6 Å². The monoisotopic (exact) mass is 765 g/mol. The van der Waals surface area contributed by atoms with Gasteiger partial charge in [-0.2, -0.15) is 0 Å². The molecule has 0 aromatic heterocycles. The van der Waals surface area contributed by atoms with Crippen LogP contribution in [0.3, 0.4) is 0 Å². The number of Topliss-reactive ketones (excluding diaryl/α,β-unsaturated/α-hetero) is 1. The molecule has 0 aliphatic carbocycles. The number of carbonyl (C=O) groups excluding carboxylic acids is 4. The van der Waals surface area contributed by atoms with Crippen molar-refractivity contribution in [3.63, 3.8) is 0 Å². The topological polar surface area (TPSA) is 152 Å². The second kappa shape index (κ2) is 32.6. The van der Waals surface area contributed by atoms with Crippen LogP contribution >= 0.6 is 7.82 Å². The van der Waals surface area contributed by atoms with Crippen LogP contribution in [0.5, 0.6) is 0 Å². The van der Waals surface area contributed by atoms with Crippen LogP contribution in [-0.4, -0.2) is 93.3 Å². The maximum absolute atomic E-state index is 12.7. The molecule has 0 aliphatic heterocycles. The zero-order valence-corrected chi connectivity index (χ0v) is 34.4. The van der Waals surface area contributed by atoms with Gasteiger partial charge < -0.3 is 23.6 Å². The Balaban J connectivity index is 4.51. The van der Waals surface area contributed by atoms with Gasteiger partial charge in [0.05, 0.1) is 41.0 Å². The zero-order valence-electron chi connectivity index (χ0n) is 33.5. The van der Waals surface area contributed by atoms with Crippen molar-refractivity contribution in [1.82, 2.24) is 0 Å². The Hall–Kier alpha value is -1.85. The number of rotatable bonds is 37. The molecular formula is C39H75NO11P+. The molecule has 306 valence electrons. The lowest BCUT2D eigenvalue weighted by Gasteiger charge is -2.24. The van der Waals surface area contributed by atoms with Crippen LogP contribution in [0.15, 0.2) is 0 Å². The molecule has 0 aromatic rings. The maximum atomic E-state index is 12.7. The summed E-state index contributed by atoms with van der Waals surface area (Å²) in [7, 11) is 1.40. The van der Waals surface area contributed by atoms with E-state index >= 15 is 0 Å². The zero-order chi connectivity index (χ0) is 38.9. The molecular weight excluding hydrogens is 689 g/mol. The third kappa shape index (κ3) is 35.2. The van der Waals surface area contributed by atoms with Gasteiger partial charge in [-0.05, 0) is 44.9 Å². The average Bonchev–Trinajstić information content (AvgIpc) is 3.07. The number of esters is 3. The van der Waals surface area contributed by atoms with Crippen molar-refractivity contribution in [3.05, 3.63) is 0 Å². The van der Waals surface area contributed by atoms with Gasteiger partial charge in [0.2, 0.25) is 0 Å². The second-order valence-electron chi connectivity index (χ2n) is 14.9. The summed E-state index contributed by atoms with van der Waals surface area (Å²) in [5.41, 5.74) is 0. The first-order chi connectivity index (χ1) is 24.8. The fraction of sp³-hybridized carbons (Fsp3) is 0.897. The van der Waals surface area contributed by atoms with E-state index in [0.717, 1.165) is 64.2 Å². The number of quaternary nitrogens is 1. The first-order valence-electron chi connectivity index (χ1n) is 20.2. The van der Waals surface area contributed by atoms with Crippen LogP contribution in [0.4, 0.5) is 0 Å². The first kappa shape index (κ1) is 50.1. The lowest BCUT2D eigenvalue weighted by atomic mass is 10.0. The minimum atomic E-state index is -4.38. The van der Waals surface area contributed by atoms with Gasteiger partial charge in [-0.1, -0.05) is 90.9 Å². The highest BCUT2D eigenvalue weighted by atomic mass is 31.2. The Morgan fingerprint density at radius 1 is 0.558 bits per heavy atom. The van der Waals surface area contributed by atoms with Crippen LogP contribution in [0.1, 0.15) is 168 Å². The molecule has 1 N–H and O–H groups in total. The van der Waals surface area contributed by atoms with Crippen molar-refractivity contribution in [2.24, 2.45) is 0 Å². The molecule has 0 heterocycles. The second-order valence-corrected chi connectivity index (χ2v) is 16.4. The summed E-state index contributed by atoms with van der Waals surface area (Å²) >= 11 is 0. The lowest BCUT2D eigenvalue weighted by molar-refractivity contribution is -0.870. The molecule has 0 rings (SSSR count). The average molecular weight is 765 g/mol. The normalized spacial score (nSPS) is 13.3. The third-order valence-corrected chi connectivity index (χ3v) is 9.59. The predicted octanol–water partition coefficient (Wildman–Crippen LogP) is 8.80. The summed E-state index contributed by atoms with van der Waals surface area (Å²) in [6, 6.07) is 0. The Kier molecular flexibility index (Phi) is 31.4. The Labute approximate surface area is 315 Å². The van der Waals surface area contributed by atoms with Crippen LogP contribution in [-0.2, 0) is 47.0 Å². The fourth-order valence-electron chi connectivity index (χ4n) is 5.28. The third-order valence-electron chi connectivity index (χ3n) is 8.60. The number of ketones is 1. The molecule has 0 saturated heterocycles. The molecule has 0 fully saturated rings. The highest BCUT2D eigenvalue weighted by molar-refractivity contribution is 7.47. The summed E-state index contributed by atoms with van der Waals surface area (Å²) in [4.78, 5) is 59.3. The Morgan fingerprint density at radius 2 is 1.00 bits per heavy atom. The molecule has 0 aliphatic rings. The molecule has 2 atom stereocenters. The summed E-state index contributed by atoms with van der Waals surface area (Å²) in [6.07, 6.45) is 17.6. The number of phosphoric acid groups is 1. The van der Waals surface area contributed by atoms with Crippen LogP contribution < -0.4 is 0 Å². The van der Waals surface area contributed by atoms with E-state index in [-0.39, 0.29) is 50.2 Å². The van der Waals surface area contributed by atoms with Crippen LogP contribution in [0.25, 0.3) is 0 Å². The largest absolute Gasteiger partial charge is 0.472 e. The molecule has 13 heteroatoms. The number of hydrogen-bond donors (Lipinski definition) is 1. The molecule has 0 amide bonds. The maximum Gasteiger partial charge on any atom is 0.472 e. The number of hydrogen-bond acceptors (Lipinski definition) is 10. The predicted molar refractivity (Wildman–Crippen MR) is 204 cm³/mol. The molecule has 0 spiro atoms. The van der Waals surface area contributed by atoms with Crippen molar-refractivity contribution in [1.29, 1.82) is 0 Å². The fourth-order valence-corrected chi connectivity index (χ4v) is 6.02. The van der Waals surface area contributed by atoms with Gasteiger partial charge >= 0.3 is 25.7 Å². The number of phosphoric ester groups is 1. The van der Waals surface area contributed by atoms with E-state index in [2.05, 4.69) is 13.8 Å². The van der Waals surface area contributed by atoms with Gasteiger partial charge in [0.1, 0.15) is 25.0 Å². The number of likely N-dealkylation sites (N-methyl/N-ethyl adjacent to an activating group) is 1. The van der Waals surface area contributed by atoms with Crippen molar-refractivity contribution in [2.75, 3.05) is 54.1 Å². The molecule has 12 nitrogen and oxygen atoms in total. The number of carbonyl (C=O) groups is 4. The summed E-state index contributed by atoms with van der Waals surface area (Å²) in [5, 5.41) is 0. The van der Waals surface area contributed by atoms with E-state index in [1.807, 2.05) is 21.1 Å². The molecule has 0 aromatic carbocycles. The van der Waals surface area contributed by atoms with E-state index in [1.54, 1.807) is 0 Å². The Bertz CT molecular complexity index is 986. The van der Waals surface area contributed by atoms with Gasteiger partial charge in [0.15, 0.2) is 0 Å².